The lowest BCUT2D eigenvalue weighted by molar-refractivity contribution is -0.120. The molecule has 0 fully saturated rings. The monoisotopic (exact) mass is 424 g/mol. The minimum absolute atomic E-state index is 0.0130. The maximum Gasteiger partial charge on any atom is 0.251 e. The van der Waals surface area contributed by atoms with Crippen LogP contribution in [0, 0.1) is 0 Å². The zero-order chi connectivity index (χ0) is 20.9. The van der Waals surface area contributed by atoms with Crippen molar-refractivity contribution in [1.82, 2.24) is 19.9 Å². The summed E-state index contributed by atoms with van der Waals surface area (Å²) >= 11 is 1.55. The highest BCUT2D eigenvalue weighted by Crippen LogP contribution is 2.19. The Labute approximate surface area is 169 Å². The molecule has 2 amide bonds. The van der Waals surface area contributed by atoms with E-state index in [1.807, 2.05) is 5.38 Å². The van der Waals surface area contributed by atoms with Crippen LogP contribution in [0.25, 0.3) is 0 Å². The SMILES string of the molecule is CC(C)c1nc(CNC(=O)CNC(=O)c2cccc(S(=O)(=O)N(C)C)c2)cs1. The molecule has 152 valence electrons. The van der Waals surface area contributed by atoms with Gasteiger partial charge < -0.3 is 10.6 Å². The summed E-state index contributed by atoms with van der Waals surface area (Å²) in [7, 11) is -0.809. The number of nitrogens with zero attached hydrogens (tertiary/aromatic N) is 2. The van der Waals surface area contributed by atoms with Crippen LogP contribution >= 0.6 is 11.3 Å². The van der Waals surface area contributed by atoms with Crippen LogP contribution in [0.3, 0.4) is 0 Å². The molecule has 2 aromatic rings. The first kappa shape index (κ1) is 22.0. The predicted octanol–water partition coefficient (Wildman–Crippen LogP) is 1.56. The van der Waals surface area contributed by atoms with Gasteiger partial charge >= 0.3 is 0 Å². The molecule has 0 saturated heterocycles. The van der Waals surface area contributed by atoms with Crippen molar-refractivity contribution >= 4 is 33.2 Å². The molecule has 0 saturated carbocycles. The molecule has 10 heteroatoms. The van der Waals surface area contributed by atoms with E-state index in [1.54, 1.807) is 11.3 Å². The van der Waals surface area contributed by atoms with Crippen molar-refractivity contribution < 1.29 is 18.0 Å². The molecule has 1 aromatic carbocycles. The van der Waals surface area contributed by atoms with E-state index in [0.717, 1.165) is 15.0 Å². The van der Waals surface area contributed by atoms with Gasteiger partial charge in [0.1, 0.15) is 0 Å². The maximum atomic E-state index is 12.2. The zero-order valence-corrected chi connectivity index (χ0v) is 17.9. The van der Waals surface area contributed by atoms with Crippen LogP contribution in [0.5, 0.6) is 0 Å². The van der Waals surface area contributed by atoms with Crippen molar-refractivity contribution in [3.63, 3.8) is 0 Å². The van der Waals surface area contributed by atoms with E-state index in [9.17, 15) is 18.0 Å². The molecule has 2 N–H and O–H groups in total. The molecule has 1 aromatic heterocycles. The zero-order valence-electron chi connectivity index (χ0n) is 16.2. The second-order valence-electron chi connectivity index (χ2n) is 6.61. The first-order valence-corrected chi connectivity index (χ1v) is 10.9. The number of benzene rings is 1. The van der Waals surface area contributed by atoms with Gasteiger partial charge in [0.15, 0.2) is 0 Å². The van der Waals surface area contributed by atoms with Gasteiger partial charge in [0.05, 0.1) is 28.7 Å². The molecule has 0 atom stereocenters. The summed E-state index contributed by atoms with van der Waals surface area (Å²) in [5.74, 6) is -0.549. The molecular formula is C18H24N4O4S2. The number of hydrogen-bond acceptors (Lipinski definition) is 6. The van der Waals surface area contributed by atoms with Crippen LogP contribution in [-0.4, -0.2) is 50.2 Å². The number of thiazole rings is 1. The highest BCUT2D eigenvalue weighted by Gasteiger charge is 2.19. The standard InChI is InChI=1S/C18H24N4O4S2/c1-12(2)18-21-14(11-27-18)9-19-16(23)10-20-17(24)13-6-5-7-15(8-13)28(25,26)22(3)4/h5-8,11-12H,9-10H2,1-4H3,(H,19,23)(H,20,24). The lowest BCUT2D eigenvalue weighted by Gasteiger charge is -2.12. The third-order valence-corrected chi connectivity index (χ3v) is 6.82. The highest BCUT2D eigenvalue weighted by molar-refractivity contribution is 7.89. The molecule has 0 bridgehead atoms. The Bertz CT molecular complexity index is 952. The van der Waals surface area contributed by atoms with Crippen molar-refractivity contribution in [2.24, 2.45) is 0 Å². The van der Waals surface area contributed by atoms with Gasteiger partial charge in [-0.2, -0.15) is 0 Å². The Balaban J connectivity index is 1.90. The van der Waals surface area contributed by atoms with Gasteiger partial charge in [-0.15, -0.1) is 11.3 Å². The molecular weight excluding hydrogens is 400 g/mol. The van der Waals surface area contributed by atoms with Gasteiger partial charge in [0, 0.05) is 31.0 Å². The van der Waals surface area contributed by atoms with Gasteiger partial charge in [-0.1, -0.05) is 19.9 Å². The number of aromatic nitrogens is 1. The quantitative estimate of drug-likeness (QED) is 0.669. The van der Waals surface area contributed by atoms with Gasteiger partial charge in [-0.05, 0) is 18.2 Å². The van der Waals surface area contributed by atoms with Crippen molar-refractivity contribution in [2.45, 2.75) is 31.2 Å². The predicted molar refractivity (Wildman–Crippen MR) is 108 cm³/mol. The van der Waals surface area contributed by atoms with E-state index in [4.69, 9.17) is 0 Å². The Kier molecular flexibility index (Phi) is 7.28. The molecule has 0 unspecified atom stereocenters. The highest BCUT2D eigenvalue weighted by atomic mass is 32.2. The van der Waals surface area contributed by atoms with Crippen molar-refractivity contribution in [2.75, 3.05) is 20.6 Å². The Morgan fingerprint density at radius 1 is 1.21 bits per heavy atom. The van der Waals surface area contributed by atoms with Crippen LogP contribution in [-0.2, 0) is 21.4 Å². The molecule has 8 nitrogen and oxygen atoms in total. The van der Waals surface area contributed by atoms with E-state index in [1.165, 1.54) is 38.4 Å². The summed E-state index contributed by atoms with van der Waals surface area (Å²) in [5.41, 5.74) is 0.937. The average molecular weight is 425 g/mol. The number of carbonyl (C=O) groups excluding carboxylic acids is 2. The van der Waals surface area contributed by atoms with Gasteiger partial charge in [-0.25, -0.2) is 17.7 Å². The fourth-order valence-corrected chi connectivity index (χ4v) is 3.97. The number of hydrogen-bond donors (Lipinski definition) is 2. The molecule has 0 aliphatic heterocycles. The van der Waals surface area contributed by atoms with Crippen molar-refractivity contribution in [1.29, 1.82) is 0 Å². The van der Waals surface area contributed by atoms with Gasteiger partial charge in [0.2, 0.25) is 15.9 Å². The summed E-state index contributed by atoms with van der Waals surface area (Å²) in [6, 6.07) is 5.67. The molecule has 2 rings (SSSR count). The fourth-order valence-electron chi connectivity index (χ4n) is 2.19. The number of carbonyl (C=O) groups is 2. The maximum absolute atomic E-state index is 12.2. The van der Waals surface area contributed by atoms with Gasteiger partial charge in [0.25, 0.3) is 5.91 Å². The summed E-state index contributed by atoms with van der Waals surface area (Å²) in [6.45, 7) is 4.17. The molecule has 0 spiro atoms. The van der Waals surface area contributed by atoms with Crippen molar-refractivity contribution in [3.05, 3.63) is 45.9 Å². The van der Waals surface area contributed by atoms with Crippen LogP contribution in [0.2, 0.25) is 0 Å². The normalized spacial score (nSPS) is 11.6. The summed E-state index contributed by atoms with van der Waals surface area (Å²) < 4.78 is 25.4. The third kappa shape index (κ3) is 5.60. The first-order chi connectivity index (χ1) is 13.1. The van der Waals surface area contributed by atoms with Crippen molar-refractivity contribution in [3.8, 4) is 0 Å². The minimum atomic E-state index is -3.64. The summed E-state index contributed by atoms with van der Waals surface area (Å²) in [6.07, 6.45) is 0. The number of sulfonamides is 1. The molecule has 0 radical (unpaired) electrons. The van der Waals surface area contributed by atoms with E-state index >= 15 is 0 Å². The van der Waals surface area contributed by atoms with E-state index in [0.29, 0.717) is 5.92 Å². The van der Waals surface area contributed by atoms with Crippen LogP contribution in [0.4, 0.5) is 0 Å². The van der Waals surface area contributed by atoms with E-state index in [-0.39, 0.29) is 29.5 Å². The topological polar surface area (TPSA) is 108 Å². The largest absolute Gasteiger partial charge is 0.349 e. The number of amides is 2. The smallest absolute Gasteiger partial charge is 0.251 e. The number of rotatable bonds is 8. The molecule has 1 heterocycles. The lowest BCUT2D eigenvalue weighted by atomic mass is 10.2. The van der Waals surface area contributed by atoms with Crippen LogP contribution in [0.1, 0.15) is 40.8 Å². The first-order valence-electron chi connectivity index (χ1n) is 8.63. The lowest BCUT2D eigenvalue weighted by Crippen LogP contribution is -2.36. The second kappa shape index (κ2) is 9.26. The summed E-state index contributed by atoms with van der Waals surface area (Å²) in [4.78, 5) is 28.6. The van der Waals surface area contributed by atoms with Crippen LogP contribution in [0.15, 0.2) is 34.5 Å². The van der Waals surface area contributed by atoms with Gasteiger partial charge in [-0.3, -0.25) is 9.59 Å². The molecule has 0 aliphatic rings. The average Bonchev–Trinajstić information content (AvgIpc) is 3.13. The Morgan fingerprint density at radius 2 is 1.93 bits per heavy atom. The van der Waals surface area contributed by atoms with Crippen LogP contribution < -0.4 is 10.6 Å². The second-order valence-corrected chi connectivity index (χ2v) is 9.65. The Hall–Kier alpha value is -2.30. The third-order valence-electron chi connectivity index (χ3n) is 3.81. The fraction of sp³-hybridized carbons (Fsp3) is 0.389. The number of nitrogens with one attached hydrogen (secondary N) is 2. The van der Waals surface area contributed by atoms with E-state index in [2.05, 4.69) is 29.5 Å². The molecule has 0 aliphatic carbocycles. The van der Waals surface area contributed by atoms with E-state index < -0.39 is 15.9 Å². The molecule has 28 heavy (non-hydrogen) atoms. The minimum Gasteiger partial charge on any atom is -0.349 e. The summed E-state index contributed by atoms with van der Waals surface area (Å²) in [5, 5.41) is 8.08. The Morgan fingerprint density at radius 3 is 2.54 bits per heavy atom.